The third-order valence-electron chi connectivity index (χ3n) is 3.13. The number of nitrogens with one attached hydrogen (secondary N) is 1. The van der Waals surface area contributed by atoms with Crippen LogP contribution in [0.1, 0.15) is 52.5 Å². The van der Waals surface area contributed by atoms with Crippen molar-refractivity contribution in [1.82, 2.24) is 5.43 Å². The minimum atomic E-state index is -0.0953. The summed E-state index contributed by atoms with van der Waals surface area (Å²) in [7, 11) is 0. The highest BCUT2D eigenvalue weighted by Crippen LogP contribution is 2.34. The molecule has 134 valence electrons. The van der Waals surface area contributed by atoms with E-state index in [0.717, 1.165) is 18.4 Å². The highest BCUT2D eigenvalue weighted by Gasteiger charge is 2.12. The Balaban J connectivity index is 2.97. The number of carbonyl (C=O) groups is 1. The average Bonchev–Trinajstić information content (AvgIpc) is 2.57. The molecule has 0 spiro atoms. The summed E-state index contributed by atoms with van der Waals surface area (Å²) in [4.78, 5) is 11.6. The van der Waals surface area contributed by atoms with Crippen molar-refractivity contribution < 1.29 is 19.0 Å². The van der Waals surface area contributed by atoms with Crippen LogP contribution < -0.4 is 19.6 Å². The van der Waals surface area contributed by atoms with E-state index in [2.05, 4.69) is 10.5 Å². The van der Waals surface area contributed by atoms with Gasteiger partial charge in [-0.3, -0.25) is 4.79 Å². The van der Waals surface area contributed by atoms with Crippen molar-refractivity contribution in [2.24, 2.45) is 5.10 Å². The Kier molecular flexibility index (Phi) is 9.34. The zero-order chi connectivity index (χ0) is 17.8. The van der Waals surface area contributed by atoms with Gasteiger partial charge in [0.1, 0.15) is 5.75 Å². The van der Waals surface area contributed by atoms with Gasteiger partial charge in [0.05, 0.1) is 26.0 Å². The maximum Gasteiger partial charge on any atom is 0.240 e. The van der Waals surface area contributed by atoms with E-state index in [1.807, 2.05) is 27.7 Å². The monoisotopic (exact) mass is 336 g/mol. The number of nitrogens with zero attached hydrogens (tertiary/aromatic N) is 1. The van der Waals surface area contributed by atoms with E-state index in [-0.39, 0.29) is 5.91 Å². The Bertz CT molecular complexity index is 544. The largest absolute Gasteiger partial charge is 0.493 e. The molecule has 0 saturated carbocycles. The summed E-state index contributed by atoms with van der Waals surface area (Å²) in [5, 5.41) is 4.01. The Labute approximate surface area is 144 Å². The molecule has 0 aromatic heterocycles. The number of benzene rings is 1. The summed E-state index contributed by atoms with van der Waals surface area (Å²) < 4.78 is 16.9. The average molecular weight is 336 g/mol. The van der Waals surface area contributed by atoms with Crippen molar-refractivity contribution in [3.8, 4) is 17.2 Å². The summed E-state index contributed by atoms with van der Waals surface area (Å²) in [5.41, 5.74) is 3.25. The molecule has 6 heteroatoms. The van der Waals surface area contributed by atoms with Crippen molar-refractivity contribution in [3.05, 3.63) is 17.7 Å². The van der Waals surface area contributed by atoms with Crippen LogP contribution in [0.5, 0.6) is 17.2 Å². The molecule has 1 aromatic rings. The number of amides is 1. The Morgan fingerprint density at radius 2 is 1.58 bits per heavy atom. The molecule has 0 fully saturated rings. The molecule has 1 N–H and O–H groups in total. The summed E-state index contributed by atoms with van der Waals surface area (Å²) in [6.07, 6.45) is 3.86. The lowest BCUT2D eigenvalue weighted by molar-refractivity contribution is -0.121. The lowest BCUT2D eigenvalue weighted by Crippen LogP contribution is -2.16. The lowest BCUT2D eigenvalue weighted by atomic mass is 10.2. The molecule has 1 amide bonds. The van der Waals surface area contributed by atoms with Crippen LogP contribution in [-0.4, -0.2) is 31.9 Å². The fourth-order valence-electron chi connectivity index (χ4n) is 2.04. The summed E-state index contributed by atoms with van der Waals surface area (Å²) in [6.45, 7) is 9.35. The molecule has 0 atom stereocenters. The number of hydrogen-bond acceptors (Lipinski definition) is 5. The first-order valence-corrected chi connectivity index (χ1v) is 8.54. The summed E-state index contributed by atoms with van der Waals surface area (Å²) >= 11 is 0. The lowest BCUT2D eigenvalue weighted by Gasteiger charge is -2.15. The third kappa shape index (κ3) is 6.48. The Morgan fingerprint density at radius 1 is 1.00 bits per heavy atom. The maximum atomic E-state index is 11.6. The van der Waals surface area contributed by atoms with Gasteiger partial charge >= 0.3 is 0 Å². The number of unbranched alkanes of at least 4 members (excludes halogenated alkanes) is 1. The standard InChI is InChI=1S/C18H28N2O4/c1-5-9-10-18(21)20-19-13-14-11-16(23-7-3)17(24-8-4)12-15(14)22-6-2/h11-13H,5-10H2,1-4H3,(H,20,21)/b19-13+. The first-order chi connectivity index (χ1) is 11.7. The molecule has 6 nitrogen and oxygen atoms in total. The molecule has 1 rings (SSSR count). The van der Waals surface area contributed by atoms with Crippen molar-refractivity contribution in [3.63, 3.8) is 0 Å². The van der Waals surface area contributed by atoms with Gasteiger partial charge in [-0.1, -0.05) is 13.3 Å². The molecule has 0 radical (unpaired) electrons. The summed E-state index contributed by atoms with van der Waals surface area (Å²) in [5.74, 6) is 1.80. The Hall–Kier alpha value is -2.24. The SMILES string of the molecule is CCCCC(=O)N/N=C/c1cc(OCC)c(OCC)cc1OCC. The van der Waals surface area contributed by atoms with E-state index in [1.54, 1.807) is 18.3 Å². The van der Waals surface area contributed by atoms with Crippen LogP contribution in [0.15, 0.2) is 17.2 Å². The molecule has 0 heterocycles. The molecule has 0 saturated heterocycles. The molecule has 0 aliphatic rings. The van der Waals surface area contributed by atoms with E-state index in [0.29, 0.717) is 43.5 Å². The number of hydrazone groups is 1. The highest BCUT2D eigenvalue weighted by molar-refractivity contribution is 5.86. The fraction of sp³-hybridized carbons (Fsp3) is 0.556. The van der Waals surface area contributed by atoms with Crippen LogP contribution in [0.3, 0.4) is 0 Å². The molecule has 0 bridgehead atoms. The van der Waals surface area contributed by atoms with Gasteiger partial charge in [-0.2, -0.15) is 5.10 Å². The molecular formula is C18H28N2O4. The second kappa shape index (κ2) is 11.3. The minimum Gasteiger partial charge on any atom is -0.493 e. The van der Waals surface area contributed by atoms with Crippen molar-refractivity contribution >= 4 is 12.1 Å². The van der Waals surface area contributed by atoms with E-state index in [9.17, 15) is 4.79 Å². The number of rotatable bonds is 11. The minimum absolute atomic E-state index is 0.0953. The van der Waals surface area contributed by atoms with Crippen LogP contribution in [0.25, 0.3) is 0 Å². The Morgan fingerprint density at radius 3 is 2.17 bits per heavy atom. The predicted molar refractivity (Wildman–Crippen MR) is 95.2 cm³/mol. The predicted octanol–water partition coefficient (Wildman–Crippen LogP) is 3.52. The van der Waals surface area contributed by atoms with Crippen LogP contribution >= 0.6 is 0 Å². The van der Waals surface area contributed by atoms with Gasteiger partial charge in [0.2, 0.25) is 5.91 Å². The van der Waals surface area contributed by atoms with Gasteiger partial charge in [-0.15, -0.1) is 0 Å². The molecule has 24 heavy (non-hydrogen) atoms. The van der Waals surface area contributed by atoms with Crippen molar-refractivity contribution in [2.75, 3.05) is 19.8 Å². The van der Waals surface area contributed by atoms with Crippen LogP contribution in [0, 0.1) is 0 Å². The van der Waals surface area contributed by atoms with Gasteiger partial charge in [0.25, 0.3) is 0 Å². The van der Waals surface area contributed by atoms with Crippen LogP contribution in [0.4, 0.5) is 0 Å². The highest BCUT2D eigenvalue weighted by atomic mass is 16.5. The van der Waals surface area contributed by atoms with Crippen molar-refractivity contribution in [1.29, 1.82) is 0 Å². The van der Waals surface area contributed by atoms with Gasteiger partial charge in [0.15, 0.2) is 11.5 Å². The number of carbonyl (C=O) groups excluding carboxylic acids is 1. The molecule has 0 unspecified atom stereocenters. The van der Waals surface area contributed by atoms with Crippen LogP contribution in [0.2, 0.25) is 0 Å². The summed E-state index contributed by atoms with van der Waals surface area (Å²) in [6, 6.07) is 3.60. The molecular weight excluding hydrogens is 308 g/mol. The van der Waals surface area contributed by atoms with E-state index in [1.165, 1.54) is 0 Å². The fourth-order valence-corrected chi connectivity index (χ4v) is 2.04. The molecule has 0 aliphatic heterocycles. The van der Waals surface area contributed by atoms with Crippen LogP contribution in [-0.2, 0) is 4.79 Å². The van der Waals surface area contributed by atoms with Gasteiger partial charge in [-0.25, -0.2) is 5.43 Å². The molecule has 0 aliphatic carbocycles. The van der Waals surface area contributed by atoms with Gasteiger partial charge in [-0.05, 0) is 33.3 Å². The first-order valence-electron chi connectivity index (χ1n) is 8.54. The smallest absolute Gasteiger partial charge is 0.240 e. The first kappa shape index (κ1) is 19.8. The zero-order valence-electron chi connectivity index (χ0n) is 15.1. The second-order valence-electron chi connectivity index (χ2n) is 5.03. The maximum absolute atomic E-state index is 11.6. The van der Waals surface area contributed by atoms with Gasteiger partial charge < -0.3 is 14.2 Å². The molecule has 1 aromatic carbocycles. The van der Waals surface area contributed by atoms with E-state index in [4.69, 9.17) is 14.2 Å². The quantitative estimate of drug-likeness (QED) is 0.496. The topological polar surface area (TPSA) is 69.2 Å². The van der Waals surface area contributed by atoms with E-state index < -0.39 is 0 Å². The number of hydrogen-bond donors (Lipinski definition) is 1. The second-order valence-corrected chi connectivity index (χ2v) is 5.03. The van der Waals surface area contributed by atoms with Crippen molar-refractivity contribution in [2.45, 2.75) is 47.0 Å². The van der Waals surface area contributed by atoms with Gasteiger partial charge in [0, 0.05) is 18.1 Å². The third-order valence-corrected chi connectivity index (χ3v) is 3.13. The number of ether oxygens (including phenoxy) is 3. The normalized spacial score (nSPS) is 10.7. The van der Waals surface area contributed by atoms with E-state index >= 15 is 0 Å². The zero-order valence-corrected chi connectivity index (χ0v) is 15.1.